The molecule has 1 aromatic rings. The first-order valence-electron chi connectivity index (χ1n) is 7.43. The Hall–Kier alpha value is -2.02. The number of ether oxygens (including phenoxy) is 1. The highest BCUT2D eigenvalue weighted by atomic mass is 16.5. The summed E-state index contributed by atoms with van der Waals surface area (Å²) in [6.07, 6.45) is 1.17. The second kappa shape index (κ2) is 6.62. The minimum absolute atomic E-state index is 0.0326. The highest BCUT2D eigenvalue weighted by Gasteiger charge is 2.31. The first-order valence-corrected chi connectivity index (χ1v) is 7.43. The average molecular weight is 286 g/mol. The van der Waals surface area contributed by atoms with Crippen LogP contribution in [0.15, 0.2) is 24.3 Å². The number of benzene rings is 1. The monoisotopic (exact) mass is 286 g/mol. The van der Waals surface area contributed by atoms with Crippen LogP contribution < -0.4 is 4.74 Å². The van der Waals surface area contributed by atoms with E-state index in [1.807, 2.05) is 4.90 Å². The van der Waals surface area contributed by atoms with Gasteiger partial charge in [-0.1, -0.05) is 13.8 Å². The van der Waals surface area contributed by atoms with Crippen molar-refractivity contribution in [2.24, 2.45) is 11.8 Å². The first-order chi connectivity index (χ1) is 10.0. The van der Waals surface area contributed by atoms with E-state index in [2.05, 4.69) is 26.8 Å². The lowest BCUT2D eigenvalue weighted by Crippen LogP contribution is -2.50. The fourth-order valence-electron chi connectivity index (χ4n) is 2.90. The van der Waals surface area contributed by atoms with Crippen LogP contribution in [-0.2, 0) is 4.79 Å². The van der Waals surface area contributed by atoms with Crippen LogP contribution >= 0.6 is 0 Å². The van der Waals surface area contributed by atoms with Gasteiger partial charge in [-0.05, 0) is 49.4 Å². The molecule has 1 aliphatic heterocycles. The molecule has 0 saturated carbocycles. The van der Waals surface area contributed by atoms with Crippen molar-refractivity contribution in [1.29, 1.82) is 5.26 Å². The molecule has 0 N–H and O–H groups in total. The summed E-state index contributed by atoms with van der Waals surface area (Å²) in [6, 6.07) is 9.13. The third kappa shape index (κ3) is 3.75. The zero-order valence-electron chi connectivity index (χ0n) is 12.9. The third-order valence-corrected chi connectivity index (χ3v) is 4.26. The van der Waals surface area contributed by atoms with E-state index < -0.39 is 0 Å². The van der Waals surface area contributed by atoms with E-state index in [0.717, 1.165) is 6.54 Å². The Balaban J connectivity index is 1.93. The standard InChI is InChI=1S/C17H22N2O2/c1-12-8-13(2)14(3)19(10-12)17(20)11-21-16-6-4-15(9-18)5-7-16/h4-7,12-14H,8,10-11H2,1-3H3. The van der Waals surface area contributed by atoms with Crippen molar-refractivity contribution < 1.29 is 9.53 Å². The molecule has 4 nitrogen and oxygen atoms in total. The van der Waals surface area contributed by atoms with Crippen molar-refractivity contribution in [2.75, 3.05) is 13.2 Å². The molecule has 21 heavy (non-hydrogen) atoms. The predicted molar refractivity (Wildman–Crippen MR) is 80.8 cm³/mol. The number of carbonyl (C=O) groups excluding carboxylic acids is 1. The summed E-state index contributed by atoms with van der Waals surface area (Å²) in [5, 5.41) is 8.74. The maximum absolute atomic E-state index is 12.3. The SMILES string of the molecule is CC1CC(C)C(C)N(C(=O)COc2ccc(C#N)cc2)C1. The van der Waals surface area contributed by atoms with Crippen molar-refractivity contribution in [2.45, 2.75) is 33.2 Å². The number of likely N-dealkylation sites (tertiary alicyclic amines) is 1. The fourth-order valence-corrected chi connectivity index (χ4v) is 2.90. The van der Waals surface area contributed by atoms with Gasteiger partial charge in [0.05, 0.1) is 11.6 Å². The molecule has 0 aliphatic carbocycles. The number of piperidine rings is 1. The number of hydrogen-bond acceptors (Lipinski definition) is 3. The smallest absolute Gasteiger partial charge is 0.260 e. The van der Waals surface area contributed by atoms with E-state index in [4.69, 9.17) is 10.00 Å². The molecule has 1 aliphatic rings. The van der Waals surface area contributed by atoms with Gasteiger partial charge in [-0.3, -0.25) is 4.79 Å². The molecule has 112 valence electrons. The Morgan fingerprint density at radius 3 is 2.62 bits per heavy atom. The van der Waals surface area contributed by atoms with E-state index in [0.29, 0.717) is 23.1 Å². The Bertz CT molecular complexity index is 533. The molecule has 2 rings (SSSR count). The van der Waals surface area contributed by atoms with Gasteiger partial charge in [-0.25, -0.2) is 0 Å². The minimum atomic E-state index is 0.0326. The van der Waals surface area contributed by atoms with Crippen LogP contribution in [-0.4, -0.2) is 30.0 Å². The summed E-state index contributed by atoms with van der Waals surface area (Å²) in [4.78, 5) is 14.3. The molecular formula is C17H22N2O2. The molecule has 1 amide bonds. The molecule has 3 unspecified atom stereocenters. The summed E-state index contributed by atoms with van der Waals surface area (Å²) in [5.41, 5.74) is 0.584. The Kier molecular flexibility index (Phi) is 4.85. The van der Waals surface area contributed by atoms with E-state index in [-0.39, 0.29) is 18.6 Å². The van der Waals surface area contributed by atoms with Gasteiger partial charge >= 0.3 is 0 Å². The molecule has 1 saturated heterocycles. The maximum Gasteiger partial charge on any atom is 0.260 e. The highest BCUT2D eigenvalue weighted by Crippen LogP contribution is 2.27. The Labute approximate surface area is 126 Å². The van der Waals surface area contributed by atoms with E-state index in [9.17, 15) is 4.79 Å². The molecule has 1 fully saturated rings. The molecule has 1 aromatic carbocycles. The molecule has 0 radical (unpaired) electrons. The summed E-state index contributed by atoms with van der Waals surface area (Å²) in [7, 11) is 0. The van der Waals surface area contributed by atoms with Crippen molar-refractivity contribution in [3.8, 4) is 11.8 Å². The Morgan fingerprint density at radius 2 is 2.00 bits per heavy atom. The van der Waals surface area contributed by atoms with E-state index >= 15 is 0 Å². The van der Waals surface area contributed by atoms with Crippen molar-refractivity contribution in [3.63, 3.8) is 0 Å². The van der Waals surface area contributed by atoms with Gasteiger partial charge < -0.3 is 9.64 Å². The van der Waals surface area contributed by atoms with Crippen molar-refractivity contribution in [3.05, 3.63) is 29.8 Å². The van der Waals surface area contributed by atoms with Crippen molar-refractivity contribution >= 4 is 5.91 Å². The summed E-state index contributed by atoms with van der Waals surface area (Å²) >= 11 is 0. The molecule has 0 aromatic heterocycles. The van der Waals surface area contributed by atoms with Gasteiger partial charge in [0.1, 0.15) is 5.75 Å². The van der Waals surface area contributed by atoms with Crippen LogP contribution in [0.3, 0.4) is 0 Å². The van der Waals surface area contributed by atoms with E-state index in [1.54, 1.807) is 24.3 Å². The average Bonchev–Trinajstić information content (AvgIpc) is 2.49. The Morgan fingerprint density at radius 1 is 1.33 bits per heavy atom. The number of nitriles is 1. The van der Waals surface area contributed by atoms with E-state index in [1.165, 1.54) is 6.42 Å². The largest absolute Gasteiger partial charge is 0.484 e. The lowest BCUT2D eigenvalue weighted by molar-refractivity contribution is -0.139. The van der Waals surface area contributed by atoms with Gasteiger partial charge in [-0.2, -0.15) is 5.26 Å². The summed E-state index contributed by atoms with van der Waals surface area (Å²) in [6.45, 7) is 7.35. The minimum Gasteiger partial charge on any atom is -0.484 e. The van der Waals surface area contributed by atoms with Crippen LogP contribution in [0.25, 0.3) is 0 Å². The highest BCUT2D eigenvalue weighted by molar-refractivity contribution is 5.78. The number of carbonyl (C=O) groups is 1. The van der Waals surface area contributed by atoms with Gasteiger partial charge in [0.25, 0.3) is 5.91 Å². The molecule has 0 spiro atoms. The molecule has 0 bridgehead atoms. The zero-order chi connectivity index (χ0) is 15.4. The normalized spacial score (nSPS) is 25.2. The topological polar surface area (TPSA) is 53.3 Å². The van der Waals surface area contributed by atoms with Crippen LogP contribution in [0, 0.1) is 23.2 Å². The maximum atomic E-state index is 12.3. The molecule has 4 heteroatoms. The lowest BCUT2D eigenvalue weighted by Gasteiger charge is -2.41. The van der Waals surface area contributed by atoms with Gasteiger partial charge in [0.15, 0.2) is 6.61 Å². The second-order valence-corrected chi connectivity index (χ2v) is 6.03. The molecule has 3 atom stereocenters. The first kappa shape index (κ1) is 15.4. The number of rotatable bonds is 3. The predicted octanol–water partition coefficient (Wildman–Crippen LogP) is 2.83. The van der Waals surface area contributed by atoms with Crippen LogP contribution in [0.2, 0.25) is 0 Å². The second-order valence-electron chi connectivity index (χ2n) is 6.03. The summed E-state index contributed by atoms with van der Waals surface area (Å²) in [5.74, 6) is 1.71. The van der Waals surface area contributed by atoms with Crippen molar-refractivity contribution in [1.82, 2.24) is 4.90 Å². The third-order valence-electron chi connectivity index (χ3n) is 4.26. The molecular weight excluding hydrogens is 264 g/mol. The number of hydrogen-bond donors (Lipinski definition) is 0. The van der Waals surface area contributed by atoms with Crippen LogP contribution in [0.1, 0.15) is 32.8 Å². The zero-order valence-corrected chi connectivity index (χ0v) is 12.9. The summed E-state index contributed by atoms with van der Waals surface area (Å²) < 4.78 is 5.54. The quantitative estimate of drug-likeness (QED) is 0.858. The van der Waals surface area contributed by atoms with Crippen LogP contribution in [0.5, 0.6) is 5.75 Å². The van der Waals surface area contributed by atoms with Gasteiger partial charge in [0.2, 0.25) is 0 Å². The van der Waals surface area contributed by atoms with Gasteiger partial charge in [-0.15, -0.1) is 0 Å². The number of amides is 1. The lowest BCUT2D eigenvalue weighted by atomic mass is 9.86. The van der Waals surface area contributed by atoms with Gasteiger partial charge in [0, 0.05) is 12.6 Å². The molecule has 1 heterocycles. The fraction of sp³-hybridized carbons (Fsp3) is 0.529. The number of nitrogens with zero attached hydrogens (tertiary/aromatic N) is 2. The van der Waals surface area contributed by atoms with Crippen LogP contribution in [0.4, 0.5) is 0 Å².